The van der Waals surface area contributed by atoms with Gasteiger partial charge in [0.15, 0.2) is 6.29 Å². The molecule has 1 rings (SSSR count). The summed E-state index contributed by atoms with van der Waals surface area (Å²) in [7, 11) is 0. The molecule has 0 radical (unpaired) electrons. The molecule has 22 heavy (non-hydrogen) atoms. The van der Waals surface area contributed by atoms with E-state index in [1.807, 2.05) is 6.92 Å². The highest BCUT2D eigenvalue weighted by molar-refractivity contribution is 5.91. The number of ether oxygens (including phenoxy) is 2. The van der Waals surface area contributed by atoms with Gasteiger partial charge in [-0.05, 0) is 26.3 Å². The summed E-state index contributed by atoms with van der Waals surface area (Å²) in [6.07, 6.45) is -1.11. The van der Waals surface area contributed by atoms with Crippen LogP contribution in [0, 0.1) is 5.41 Å². The molecular formula is C16H22O6. The average Bonchev–Trinajstić information content (AvgIpc) is 2.50. The van der Waals surface area contributed by atoms with E-state index in [0.29, 0.717) is 6.42 Å². The zero-order valence-electron chi connectivity index (χ0n) is 13.0. The fourth-order valence-corrected chi connectivity index (χ4v) is 1.59. The first kappa shape index (κ1) is 18.1. The van der Waals surface area contributed by atoms with Crippen LogP contribution in [0.3, 0.4) is 0 Å². The molecule has 0 aliphatic rings. The Morgan fingerprint density at radius 3 is 2.32 bits per heavy atom. The van der Waals surface area contributed by atoms with Crippen LogP contribution in [0.25, 0.3) is 0 Å². The predicted octanol–water partition coefficient (Wildman–Crippen LogP) is 1.81. The molecule has 0 aliphatic carbocycles. The van der Waals surface area contributed by atoms with Crippen LogP contribution in [0.4, 0.5) is 0 Å². The van der Waals surface area contributed by atoms with E-state index in [9.17, 15) is 19.8 Å². The second kappa shape index (κ2) is 7.91. The molecule has 0 aliphatic heterocycles. The molecular weight excluding hydrogens is 288 g/mol. The zero-order valence-corrected chi connectivity index (χ0v) is 13.0. The van der Waals surface area contributed by atoms with Crippen molar-refractivity contribution in [1.29, 1.82) is 0 Å². The van der Waals surface area contributed by atoms with Gasteiger partial charge in [-0.3, -0.25) is 4.79 Å². The minimum Gasteiger partial charge on any atom is -0.462 e. The van der Waals surface area contributed by atoms with Crippen molar-refractivity contribution < 1.29 is 29.3 Å². The quantitative estimate of drug-likeness (QED) is 0.453. The maximum absolute atomic E-state index is 11.9. The molecule has 1 aromatic rings. The number of hydrogen-bond acceptors (Lipinski definition) is 6. The standard InChI is InChI=1S/C16H22O6/c1-4-16(2,3)15(20)22-10-9-21-14(19)12-8-6-5-7-11(12)13(17)18/h5-8,13,17-18H,4,9-10H2,1-3H3. The summed E-state index contributed by atoms with van der Waals surface area (Å²) in [5, 5.41) is 18.4. The minimum absolute atomic E-state index is 0.0438. The summed E-state index contributed by atoms with van der Waals surface area (Å²) in [5.41, 5.74) is -0.438. The summed E-state index contributed by atoms with van der Waals surface area (Å²) in [6.45, 7) is 5.30. The number of rotatable bonds is 7. The van der Waals surface area contributed by atoms with E-state index in [0.717, 1.165) is 0 Å². The molecule has 0 fully saturated rings. The summed E-state index contributed by atoms with van der Waals surface area (Å²) < 4.78 is 10.0. The van der Waals surface area contributed by atoms with Crippen LogP contribution >= 0.6 is 0 Å². The van der Waals surface area contributed by atoms with Gasteiger partial charge in [0.1, 0.15) is 13.2 Å². The number of carbonyl (C=O) groups is 2. The lowest BCUT2D eigenvalue weighted by Crippen LogP contribution is -2.27. The van der Waals surface area contributed by atoms with E-state index in [2.05, 4.69) is 0 Å². The van der Waals surface area contributed by atoms with Gasteiger partial charge in [-0.25, -0.2) is 4.79 Å². The molecule has 0 spiro atoms. The molecule has 6 nitrogen and oxygen atoms in total. The smallest absolute Gasteiger partial charge is 0.338 e. The zero-order chi connectivity index (χ0) is 16.8. The molecule has 1 aromatic carbocycles. The topological polar surface area (TPSA) is 93.1 Å². The predicted molar refractivity (Wildman–Crippen MR) is 78.9 cm³/mol. The normalized spacial score (nSPS) is 11.4. The van der Waals surface area contributed by atoms with E-state index in [4.69, 9.17) is 9.47 Å². The first-order valence-electron chi connectivity index (χ1n) is 7.09. The Hall–Kier alpha value is -1.92. The maximum atomic E-state index is 11.9. The number of carbonyl (C=O) groups excluding carboxylic acids is 2. The fraction of sp³-hybridized carbons (Fsp3) is 0.500. The highest BCUT2D eigenvalue weighted by Gasteiger charge is 2.27. The Morgan fingerprint density at radius 1 is 1.14 bits per heavy atom. The molecule has 0 bridgehead atoms. The van der Waals surface area contributed by atoms with E-state index >= 15 is 0 Å². The third-order valence-corrected chi connectivity index (χ3v) is 3.44. The van der Waals surface area contributed by atoms with Crippen LogP contribution in [0.2, 0.25) is 0 Å². The van der Waals surface area contributed by atoms with Gasteiger partial charge in [-0.15, -0.1) is 0 Å². The van der Waals surface area contributed by atoms with Crippen molar-refractivity contribution in [2.45, 2.75) is 33.5 Å². The minimum atomic E-state index is -1.76. The second-order valence-corrected chi connectivity index (χ2v) is 5.47. The first-order valence-corrected chi connectivity index (χ1v) is 7.09. The molecule has 0 aromatic heterocycles. The maximum Gasteiger partial charge on any atom is 0.338 e. The van der Waals surface area contributed by atoms with Crippen molar-refractivity contribution in [2.24, 2.45) is 5.41 Å². The van der Waals surface area contributed by atoms with Crippen molar-refractivity contribution in [1.82, 2.24) is 0 Å². The van der Waals surface area contributed by atoms with Crippen molar-refractivity contribution in [2.75, 3.05) is 13.2 Å². The lowest BCUT2D eigenvalue weighted by molar-refractivity contribution is -0.155. The highest BCUT2D eigenvalue weighted by atomic mass is 16.6. The summed E-state index contributed by atoms with van der Waals surface area (Å²) >= 11 is 0. The highest BCUT2D eigenvalue weighted by Crippen LogP contribution is 2.21. The molecule has 0 amide bonds. The third kappa shape index (κ3) is 4.82. The van der Waals surface area contributed by atoms with Gasteiger partial charge < -0.3 is 19.7 Å². The number of hydrogen-bond donors (Lipinski definition) is 2. The van der Waals surface area contributed by atoms with Crippen LogP contribution in [-0.4, -0.2) is 35.4 Å². The van der Waals surface area contributed by atoms with E-state index in [1.54, 1.807) is 26.0 Å². The number of aliphatic hydroxyl groups excluding tert-OH is 1. The Morgan fingerprint density at radius 2 is 1.73 bits per heavy atom. The Balaban J connectivity index is 2.50. The summed E-state index contributed by atoms with van der Waals surface area (Å²) in [6, 6.07) is 6.03. The van der Waals surface area contributed by atoms with Gasteiger partial charge in [-0.2, -0.15) is 0 Å². The molecule has 122 valence electrons. The molecule has 2 N–H and O–H groups in total. The van der Waals surface area contributed by atoms with Crippen molar-refractivity contribution in [3.63, 3.8) is 0 Å². The SMILES string of the molecule is CCC(C)(C)C(=O)OCCOC(=O)c1ccccc1C(O)O. The molecule has 0 atom stereocenters. The van der Waals surface area contributed by atoms with Crippen molar-refractivity contribution in [3.05, 3.63) is 35.4 Å². The lowest BCUT2D eigenvalue weighted by atomic mass is 9.91. The van der Waals surface area contributed by atoms with Crippen molar-refractivity contribution >= 4 is 11.9 Å². The summed E-state index contributed by atoms with van der Waals surface area (Å²) in [5.74, 6) is -1.05. The fourth-order valence-electron chi connectivity index (χ4n) is 1.59. The monoisotopic (exact) mass is 310 g/mol. The first-order chi connectivity index (χ1) is 10.3. The number of esters is 2. The van der Waals surface area contributed by atoms with Gasteiger partial charge in [-0.1, -0.05) is 25.1 Å². The van der Waals surface area contributed by atoms with Gasteiger partial charge in [0.05, 0.1) is 11.0 Å². The molecule has 0 heterocycles. The number of aliphatic hydroxyl groups is 2. The van der Waals surface area contributed by atoms with Gasteiger partial charge in [0.25, 0.3) is 0 Å². The van der Waals surface area contributed by atoms with E-state index in [-0.39, 0.29) is 30.3 Å². The van der Waals surface area contributed by atoms with Crippen molar-refractivity contribution in [3.8, 4) is 0 Å². The second-order valence-electron chi connectivity index (χ2n) is 5.47. The van der Waals surface area contributed by atoms with Crippen LogP contribution < -0.4 is 0 Å². The molecule has 0 unspecified atom stereocenters. The Kier molecular flexibility index (Phi) is 6.52. The average molecular weight is 310 g/mol. The van der Waals surface area contributed by atoms with E-state index in [1.165, 1.54) is 12.1 Å². The van der Waals surface area contributed by atoms with Gasteiger partial charge in [0.2, 0.25) is 0 Å². The van der Waals surface area contributed by atoms with Crippen LogP contribution in [0.15, 0.2) is 24.3 Å². The third-order valence-electron chi connectivity index (χ3n) is 3.44. The lowest BCUT2D eigenvalue weighted by Gasteiger charge is -2.20. The van der Waals surface area contributed by atoms with Gasteiger partial charge >= 0.3 is 11.9 Å². The van der Waals surface area contributed by atoms with E-state index < -0.39 is 17.7 Å². The Bertz CT molecular complexity index is 521. The van der Waals surface area contributed by atoms with Crippen LogP contribution in [0.5, 0.6) is 0 Å². The Labute approximate surface area is 129 Å². The van der Waals surface area contributed by atoms with Crippen LogP contribution in [0.1, 0.15) is 49.4 Å². The molecule has 0 saturated heterocycles. The van der Waals surface area contributed by atoms with Crippen LogP contribution in [-0.2, 0) is 14.3 Å². The van der Waals surface area contributed by atoms with Gasteiger partial charge in [0, 0.05) is 5.56 Å². The molecule has 0 saturated carbocycles. The molecule has 6 heteroatoms. The largest absolute Gasteiger partial charge is 0.462 e. The number of benzene rings is 1. The summed E-state index contributed by atoms with van der Waals surface area (Å²) in [4.78, 5) is 23.6.